The molecule has 0 aliphatic carbocycles. The van der Waals surface area contributed by atoms with Gasteiger partial charge in [0.1, 0.15) is 6.33 Å². The summed E-state index contributed by atoms with van der Waals surface area (Å²) in [5.74, 6) is 5.86. The number of nitrogens with one attached hydrogen (secondary N) is 2. The van der Waals surface area contributed by atoms with Crippen LogP contribution in [0.1, 0.15) is 5.82 Å². The van der Waals surface area contributed by atoms with Crippen molar-refractivity contribution in [3.8, 4) is 0 Å². The number of aromatic nitrogens is 3. The molecule has 1 aromatic heterocycles. The number of hydrogen-bond donors (Lipinski definition) is 3. The monoisotopic (exact) mass is 263 g/mol. The van der Waals surface area contributed by atoms with Crippen LogP contribution in [0, 0.1) is 10.1 Å². The SMILES string of the molecule is Cn1cnc(CNc2cc(NN)cc([N+](=O)[O-])c2)n1. The second-order valence-corrected chi connectivity index (χ2v) is 3.86. The molecule has 0 saturated heterocycles. The first-order chi connectivity index (χ1) is 9.08. The van der Waals surface area contributed by atoms with Gasteiger partial charge in [-0.05, 0) is 6.07 Å². The highest BCUT2D eigenvalue weighted by Gasteiger charge is 2.09. The molecular formula is C10H13N7O2. The van der Waals surface area contributed by atoms with Crippen LogP contribution < -0.4 is 16.6 Å². The number of hydrazine groups is 1. The number of benzene rings is 1. The van der Waals surface area contributed by atoms with E-state index in [2.05, 4.69) is 20.8 Å². The van der Waals surface area contributed by atoms with Crippen LogP contribution in [0.15, 0.2) is 24.5 Å². The summed E-state index contributed by atoms with van der Waals surface area (Å²) in [6, 6.07) is 4.43. The average Bonchev–Trinajstić information content (AvgIpc) is 2.81. The molecule has 100 valence electrons. The molecule has 0 amide bonds. The van der Waals surface area contributed by atoms with E-state index in [9.17, 15) is 10.1 Å². The Morgan fingerprint density at radius 2 is 2.16 bits per heavy atom. The molecule has 0 spiro atoms. The van der Waals surface area contributed by atoms with Gasteiger partial charge in [-0.3, -0.25) is 20.6 Å². The van der Waals surface area contributed by atoms with E-state index in [0.717, 1.165) is 0 Å². The third-order valence-electron chi connectivity index (χ3n) is 2.39. The van der Waals surface area contributed by atoms with Crippen molar-refractivity contribution in [2.24, 2.45) is 12.9 Å². The molecule has 1 aromatic carbocycles. The number of nitro benzene ring substituents is 1. The number of anilines is 2. The van der Waals surface area contributed by atoms with Crippen molar-refractivity contribution < 1.29 is 4.92 Å². The lowest BCUT2D eigenvalue weighted by Gasteiger charge is -2.06. The molecule has 2 aromatic rings. The first kappa shape index (κ1) is 12.8. The molecule has 0 bridgehead atoms. The van der Waals surface area contributed by atoms with E-state index < -0.39 is 4.92 Å². The molecule has 1 heterocycles. The summed E-state index contributed by atoms with van der Waals surface area (Å²) in [6.45, 7) is 0.367. The Labute approximate surface area is 108 Å². The first-order valence-corrected chi connectivity index (χ1v) is 5.43. The maximum Gasteiger partial charge on any atom is 0.273 e. The fourth-order valence-electron chi connectivity index (χ4n) is 1.55. The summed E-state index contributed by atoms with van der Waals surface area (Å²) in [6.07, 6.45) is 1.58. The van der Waals surface area contributed by atoms with Crippen molar-refractivity contribution in [2.75, 3.05) is 10.7 Å². The molecule has 19 heavy (non-hydrogen) atoms. The van der Waals surface area contributed by atoms with Gasteiger partial charge in [-0.1, -0.05) is 0 Å². The quantitative estimate of drug-likeness (QED) is 0.410. The molecule has 0 atom stereocenters. The number of nitrogen functional groups attached to an aromatic ring is 1. The fourth-order valence-corrected chi connectivity index (χ4v) is 1.55. The van der Waals surface area contributed by atoms with Crippen LogP contribution in [0.2, 0.25) is 0 Å². The van der Waals surface area contributed by atoms with Gasteiger partial charge in [-0.25, -0.2) is 4.98 Å². The summed E-state index contributed by atoms with van der Waals surface area (Å²) in [7, 11) is 1.76. The third kappa shape index (κ3) is 3.16. The number of nitrogens with two attached hydrogens (primary N) is 1. The minimum Gasteiger partial charge on any atom is -0.377 e. The Hall–Kier alpha value is -2.68. The molecule has 0 radical (unpaired) electrons. The second kappa shape index (κ2) is 5.31. The molecule has 2 rings (SSSR count). The van der Waals surface area contributed by atoms with Crippen LogP contribution in [-0.4, -0.2) is 19.7 Å². The lowest BCUT2D eigenvalue weighted by molar-refractivity contribution is -0.384. The highest BCUT2D eigenvalue weighted by atomic mass is 16.6. The predicted octanol–water partition coefficient (Wildman–Crippen LogP) is 0.621. The molecule has 9 nitrogen and oxygen atoms in total. The van der Waals surface area contributed by atoms with Crippen LogP contribution in [-0.2, 0) is 13.6 Å². The topological polar surface area (TPSA) is 124 Å². The van der Waals surface area contributed by atoms with Gasteiger partial charge in [0.05, 0.1) is 17.2 Å². The van der Waals surface area contributed by atoms with Gasteiger partial charge < -0.3 is 10.7 Å². The fraction of sp³-hybridized carbons (Fsp3) is 0.200. The highest BCUT2D eigenvalue weighted by molar-refractivity contribution is 5.63. The Bertz CT molecular complexity index is 595. The van der Waals surface area contributed by atoms with Crippen molar-refractivity contribution in [1.29, 1.82) is 0 Å². The number of nitro groups is 1. The van der Waals surface area contributed by atoms with E-state index in [4.69, 9.17) is 5.84 Å². The average molecular weight is 263 g/mol. The van der Waals surface area contributed by atoms with Gasteiger partial charge in [0, 0.05) is 24.9 Å². The van der Waals surface area contributed by atoms with Gasteiger partial charge in [-0.2, -0.15) is 5.10 Å². The molecule has 0 aliphatic rings. The Kier molecular flexibility index (Phi) is 3.57. The van der Waals surface area contributed by atoms with Crippen molar-refractivity contribution in [3.63, 3.8) is 0 Å². The standard InChI is InChI=1S/C10H13N7O2/c1-16-6-13-10(15-16)5-12-7-2-8(14-11)4-9(3-7)17(18)19/h2-4,6,12,14H,5,11H2,1H3. The summed E-state index contributed by atoms with van der Waals surface area (Å²) in [5, 5.41) is 17.9. The summed E-state index contributed by atoms with van der Waals surface area (Å²) < 4.78 is 1.58. The lowest BCUT2D eigenvalue weighted by Crippen LogP contribution is -2.08. The summed E-state index contributed by atoms with van der Waals surface area (Å²) in [4.78, 5) is 14.3. The van der Waals surface area contributed by atoms with Crippen molar-refractivity contribution >= 4 is 17.1 Å². The van der Waals surface area contributed by atoms with Crippen LogP contribution in [0.5, 0.6) is 0 Å². The first-order valence-electron chi connectivity index (χ1n) is 5.43. The van der Waals surface area contributed by atoms with Gasteiger partial charge in [0.15, 0.2) is 5.82 Å². The van der Waals surface area contributed by atoms with Crippen LogP contribution in [0.4, 0.5) is 17.1 Å². The van der Waals surface area contributed by atoms with Crippen molar-refractivity contribution in [1.82, 2.24) is 14.8 Å². The minimum absolute atomic E-state index is 0.0491. The number of nitrogens with zero attached hydrogens (tertiary/aromatic N) is 4. The molecule has 0 unspecified atom stereocenters. The van der Waals surface area contributed by atoms with Gasteiger partial charge >= 0.3 is 0 Å². The number of non-ortho nitro benzene ring substituents is 1. The second-order valence-electron chi connectivity index (χ2n) is 3.86. The highest BCUT2D eigenvalue weighted by Crippen LogP contribution is 2.23. The van der Waals surface area contributed by atoms with Crippen LogP contribution >= 0.6 is 0 Å². The minimum atomic E-state index is -0.481. The molecular weight excluding hydrogens is 250 g/mol. The third-order valence-corrected chi connectivity index (χ3v) is 2.39. The van der Waals surface area contributed by atoms with Crippen molar-refractivity contribution in [2.45, 2.75) is 6.54 Å². The zero-order valence-electron chi connectivity index (χ0n) is 10.2. The Balaban J connectivity index is 2.15. The maximum atomic E-state index is 10.8. The smallest absolute Gasteiger partial charge is 0.273 e. The van der Waals surface area contributed by atoms with Crippen LogP contribution in [0.3, 0.4) is 0 Å². The Morgan fingerprint density at radius 3 is 2.74 bits per heavy atom. The normalized spacial score (nSPS) is 10.2. The maximum absolute atomic E-state index is 10.8. The van der Waals surface area contributed by atoms with E-state index in [0.29, 0.717) is 23.7 Å². The zero-order valence-corrected chi connectivity index (χ0v) is 10.2. The zero-order chi connectivity index (χ0) is 13.8. The van der Waals surface area contributed by atoms with Gasteiger partial charge in [0.25, 0.3) is 5.69 Å². The predicted molar refractivity (Wildman–Crippen MR) is 69.2 cm³/mol. The number of aryl methyl sites for hydroxylation is 1. The molecule has 4 N–H and O–H groups in total. The number of hydrogen-bond acceptors (Lipinski definition) is 7. The molecule has 9 heteroatoms. The van der Waals surface area contributed by atoms with E-state index in [-0.39, 0.29) is 5.69 Å². The molecule has 0 aliphatic heterocycles. The summed E-state index contributed by atoms with van der Waals surface area (Å²) in [5.41, 5.74) is 3.35. The largest absolute Gasteiger partial charge is 0.377 e. The van der Waals surface area contributed by atoms with Gasteiger partial charge in [-0.15, -0.1) is 0 Å². The lowest BCUT2D eigenvalue weighted by atomic mass is 10.2. The van der Waals surface area contributed by atoms with Crippen molar-refractivity contribution in [3.05, 3.63) is 40.5 Å². The van der Waals surface area contributed by atoms with E-state index >= 15 is 0 Å². The van der Waals surface area contributed by atoms with Crippen LogP contribution in [0.25, 0.3) is 0 Å². The molecule has 0 fully saturated rings. The Morgan fingerprint density at radius 1 is 1.42 bits per heavy atom. The van der Waals surface area contributed by atoms with E-state index in [1.807, 2.05) is 0 Å². The molecule has 0 saturated carbocycles. The van der Waals surface area contributed by atoms with E-state index in [1.165, 1.54) is 12.1 Å². The van der Waals surface area contributed by atoms with E-state index in [1.54, 1.807) is 24.1 Å². The summed E-state index contributed by atoms with van der Waals surface area (Å²) >= 11 is 0. The number of rotatable bonds is 5. The van der Waals surface area contributed by atoms with Gasteiger partial charge in [0.2, 0.25) is 0 Å².